The molecule has 3 rings (SSSR count). The number of amides is 2. The van der Waals surface area contributed by atoms with E-state index >= 15 is 0 Å². The van der Waals surface area contributed by atoms with Gasteiger partial charge in [-0.25, -0.2) is 0 Å². The maximum absolute atomic E-state index is 12.0. The molecule has 0 saturated heterocycles. The van der Waals surface area contributed by atoms with Gasteiger partial charge in [-0.15, -0.1) is 0 Å². The van der Waals surface area contributed by atoms with Crippen molar-refractivity contribution in [1.82, 2.24) is 10.6 Å². The molecule has 0 spiro atoms. The number of hydrogen-bond acceptors (Lipinski definition) is 3. The maximum Gasteiger partial charge on any atom is 0.309 e. The van der Waals surface area contributed by atoms with E-state index in [1.165, 1.54) is 0 Å². The zero-order valence-electron chi connectivity index (χ0n) is 14.5. The first-order valence-corrected chi connectivity index (χ1v) is 8.89. The highest BCUT2D eigenvalue weighted by molar-refractivity contribution is 6.35. The number of nitrogens with one attached hydrogen (secondary N) is 2. The molecule has 0 radical (unpaired) electrons. The molecule has 0 unspecified atom stereocenters. The van der Waals surface area contributed by atoms with Crippen molar-refractivity contribution in [1.29, 1.82) is 0 Å². The topological polar surface area (TPSA) is 78.4 Å². The molecule has 3 aromatic rings. The van der Waals surface area contributed by atoms with Crippen LogP contribution in [0.25, 0.3) is 10.8 Å². The molecule has 138 valence electrons. The van der Waals surface area contributed by atoms with Gasteiger partial charge < -0.3 is 15.7 Å². The smallest absolute Gasteiger partial charge is 0.309 e. The van der Waals surface area contributed by atoms with Crippen LogP contribution in [0.4, 0.5) is 0 Å². The summed E-state index contributed by atoms with van der Waals surface area (Å²) in [7, 11) is 0. The van der Waals surface area contributed by atoms with Gasteiger partial charge in [0.25, 0.3) is 0 Å². The lowest BCUT2D eigenvalue weighted by molar-refractivity contribution is -0.139. The molecule has 0 aliphatic heterocycles. The Morgan fingerprint density at radius 3 is 2.37 bits per heavy atom. The van der Waals surface area contributed by atoms with Gasteiger partial charge in [-0.1, -0.05) is 72.3 Å². The van der Waals surface area contributed by atoms with Gasteiger partial charge in [-0.05, 0) is 28.0 Å². The normalized spacial score (nSPS) is 11.8. The van der Waals surface area contributed by atoms with Crippen LogP contribution < -0.4 is 10.6 Å². The highest BCUT2D eigenvalue weighted by Gasteiger charge is 2.17. The van der Waals surface area contributed by atoms with Crippen molar-refractivity contribution in [3.8, 4) is 0 Å². The Morgan fingerprint density at radius 1 is 0.889 bits per heavy atom. The molecule has 0 aliphatic carbocycles. The molecule has 0 aromatic heterocycles. The molecule has 1 atom stereocenters. The third-order valence-electron chi connectivity index (χ3n) is 4.24. The number of halogens is 1. The molecular formula is C21H19ClN2O3. The van der Waals surface area contributed by atoms with Gasteiger partial charge in [0.2, 0.25) is 0 Å². The Bertz CT molecular complexity index is 969. The molecule has 3 aromatic carbocycles. The molecule has 0 aliphatic rings. The van der Waals surface area contributed by atoms with Crippen molar-refractivity contribution < 1.29 is 14.7 Å². The van der Waals surface area contributed by atoms with Crippen LogP contribution >= 0.6 is 11.6 Å². The Kier molecular flexibility index (Phi) is 6.06. The van der Waals surface area contributed by atoms with Crippen LogP contribution in [0.15, 0.2) is 66.7 Å². The van der Waals surface area contributed by atoms with Gasteiger partial charge in [0, 0.05) is 18.1 Å². The van der Waals surface area contributed by atoms with Crippen molar-refractivity contribution in [2.45, 2.75) is 12.6 Å². The molecule has 5 nitrogen and oxygen atoms in total. The fourth-order valence-electron chi connectivity index (χ4n) is 2.82. The monoisotopic (exact) mass is 382 g/mol. The standard InChI is InChI=1S/C21H19ClN2O3/c22-18-11-4-2-7-15(18)12-23-20(26)21(27)24-13-19(25)17-10-5-8-14-6-1-3-9-16(14)17/h1-11,19,25H,12-13H2,(H,23,26)(H,24,27)/t19-/m1/s1. The van der Waals surface area contributed by atoms with Gasteiger partial charge in [0.05, 0.1) is 6.10 Å². The highest BCUT2D eigenvalue weighted by atomic mass is 35.5. The average molecular weight is 383 g/mol. The van der Waals surface area contributed by atoms with Crippen molar-refractivity contribution >= 4 is 34.2 Å². The predicted octanol–water partition coefficient (Wildman–Crippen LogP) is 2.96. The van der Waals surface area contributed by atoms with Crippen LogP contribution in [0.1, 0.15) is 17.2 Å². The molecule has 0 fully saturated rings. The third-order valence-corrected chi connectivity index (χ3v) is 4.61. The lowest BCUT2D eigenvalue weighted by Gasteiger charge is -2.14. The van der Waals surface area contributed by atoms with Gasteiger partial charge in [0.1, 0.15) is 0 Å². The first-order chi connectivity index (χ1) is 13.1. The van der Waals surface area contributed by atoms with Crippen LogP contribution in [0.2, 0.25) is 5.02 Å². The number of aliphatic hydroxyl groups is 1. The first-order valence-electron chi connectivity index (χ1n) is 8.51. The number of aliphatic hydroxyl groups excluding tert-OH is 1. The van der Waals surface area contributed by atoms with Crippen molar-refractivity contribution in [3.63, 3.8) is 0 Å². The van der Waals surface area contributed by atoms with Crippen molar-refractivity contribution in [2.75, 3.05) is 6.54 Å². The van der Waals surface area contributed by atoms with E-state index in [2.05, 4.69) is 10.6 Å². The molecule has 6 heteroatoms. The summed E-state index contributed by atoms with van der Waals surface area (Å²) in [5.41, 5.74) is 1.42. The van der Waals surface area contributed by atoms with E-state index in [0.29, 0.717) is 10.6 Å². The Labute approximate surface area is 162 Å². The van der Waals surface area contributed by atoms with E-state index in [1.54, 1.807) is 30.3 Å². The second-order valence-electron chi connectivity index (χ2n) is 6.07. The van der Waals surface area contributed by atoms with Crippen LogP contribution in [-0.4, -0.2) is 23.5 Å². The summed E-state index contributed by atoms with van der Waals surface area (Å²) >= 11 is 6.02. The number of carbonyl (C=O) groups excluding carboxylic acids is 2. The highest BCUT2D eigenvalue weighted by Crippen LogP contribution is 2.23. The summed E-state index contributed by atoms with van der Waals surface area (Å²) in [4.78, 5) is 23.9. The zero-order valence-corrected chi connectivity index (χ0v) is 15.2. The lowest BCUT2D eigenvalue weighted by Crippen LogP contribution is -2.41. The van der Waals surface area contributed by atoms with E-state index in [1.807, 2.05) is 36.4 Å². The zero-order chi connectivity index (χ0) is 19.2. The molecule has 27 heavy (non-hydrogen) atoms. The minimum Gasteiger partial charge on any atom is -0.387 e. The summed E-state index contributed by atoms with van der Waals surface area (Å²) in [6, 6.07) is 20.3. The fourth-order valence-corrected chi connectivity index (χ4v) is 3.02. The molecular weight excluding hydrogens is 364 g/mol. The van der Waals surface area contributed by atoms with Crippen LogP contribution in [0, 0.1) is 0 Å². The number of benzene rings is 3. The van der Waals surface area contributed by atoms with Gasteiger partial charge in [-0.2, -0.15) is 0 Å². The molecule has 0 heterocycles. The number of hydrogen-bond donors (Lipinski definition) is 3. The van der Waals surface area contributed by atoms with Crippen molar-refractivity contribution in [3.05, 3.63) is 82.9 Å². The second-order valence-corrected chi connectivity index (χ2v) is 6.48. The fraction of sp³-hybridized carbons (Fsp3) is 0.143. The van der Waals surface area contributed by atoms with Gasteiger partial charge >= 0.3 is 11.8 Å². The van der Waals surface area contributed by atoms with Gasteiger partial charge in [0.15, 0.2) is 0 Å². The maximum atomic E-state index is 12.0. The first kappa shape index (κ1) is 18.9. The summed E-state index contributed by atoms with van der Waals surface area (Å²) in [6.07, 6.45) is -0.920. The lowest BCUT2D eigenvalue weighted by atomic mass is 10.0. The average Bonchev–Trinajstić information content (AvgIpc) is 2.70. The Hall–Kier alpha value is -2.89. The third kappa shape index (κ3) is 4.64. The molecule has 0 bridgehead atoms. The molecule has 2 amide bonds. The van der Waals surface area contributed by atoms with Crippen molar-refractivity contribution in [2.24, 2.45) is 0 Å². The minimum atomic E-state index is -0.920. The van der Waals surface area contributed by atoms with E-state index in [9.17, 15) is 14.7 Å². The summed E-state index contributed by atoms with van der Waals surface area (Å²) < 4.78 is 0. The Balaban J connectivity index is 1.56. The van der Waals surface area contributed by atoms with E-state index in [-0.39, 0.29) is 13.1 Å². The minimum absolute atomic E-state index is 0.0631. The summed E-state index contributed by atoms with van der Waals surface area (Å²) in [5, 5.41) is 17.8. The van der Waals surface area contributed by atoms with Gasteiger partial charge in [-0.3, -0.25) is 9.59 Å². The summed E-state index contributed by atoms with van der Waals surface area (Å²) in [6.45, 7) is 0.0875. The van der Waals surface area contributed by atoms with Crippen LogP contribution in [-0.2, 0) is 16.1 Å². The number of carbonyl (C=O) groups is 2. The predicted molar refractivity (Wildman–Crippen MR) is 105 cm³/mol. The number of rotatable bonds is 5. The van der Waals surface area contributed by atoms with E-state index < -0.39 is 17.9 Å². The van der Waals surface area contributed by atoms with Crippen LogP contribution in [0.5, 0.6) is 0 Å². The largest absolute Gasteiger partial charge is 0.387 e. The van der Waals surface area contributed by atoms with Crippen LogP contribution in [0.3, 0.4) is 0 Å². The van der Waals surface area contributed by atoms with E-state index in [4.69, 9.17) is 11.6 Å². The molecule has 3 N–H and O–H groups in total. The second kappa shape index (κ2) is 8.66. The summed E-state index contributed by atoms with van der Waals surface area (Å²) in [5.74, 6) is -1.58. The quantitative estimate of drug-likeness (QED) is 0.594. The number of fused-ring (bicyclic) bond motifs is 1. The Morgan fingerprint density at radius 2 is 1.56 bits per heavy atom. The SMILES string of the molecule is O=C(NCc1ccccc1Cl)C(=O)NC[C@@H](O)c1cccc2ccccc12. The molecule has 0 saturated carbocycles. The van der Waals surface area contributed by atoms with E-state index in [0.717, 1.165) is 16.3 Å².